The summed E-state index contributed by atoms with van der Waals surface area (Å²) in [4.78, 5) is 8.86. The molecule has 0 N–H and O–H groups in total. The summed E-state index contributed by atoms with van der Waals surface area (Å²) in [5, 5.41) is 0. The van der Waals surface area contributed by atoms with Crippen LogP contribution in [0.3, 0.4) is 0 Å². The minimum atomic E-state index is -0.809. The molecule has 0 aliphatic rings. The highest BCUT2D eigenvalue weighted by Gasteiger charge is 2.05. The van der Waals surface area contributed by atoms with Crippen LogP contribution in [-0.2, 0) is 6.42 Å². The van der Waals surface area contributed by atoms with Gasteiger partial charge in [-0.1, -0.05) is 61.9 Å². The minimum Gasteiger partial charge on any atom is -0.246 e. The van der Waals surface area contributed by atoms with Gasteiger partial charge in [0.15, 0.2) is 5.82 Å². The van der Waals surface area contributed by atoms with E-state index in [4.69, 9.17) is 0 Å². The molecule has 0 spiro atoms. The van der Waals surface area contributed by atoms with Crippen molar-refractivity contribution in [2.45, 2.75) is 19.8 Å². The monoisotopic (exact) mass is 350 g/mol. The molecule has 4 heteroatoms. The number of rotatable bonds is 6. The molecule has 1 aromatic heterocycles. The first kappa shape index (κ1) is 17.9. The quantitative estimate of drug-likeness (QED) is 0.541. The predicted octanol–water partition coefficient (Wildman–Crippen LogP) is 6.04. The molecule has 0 bridgehead atoms. The van der Waals surface area contributed by atoms with E-state index in [9.17, 15) is 8.78 Å². The van der Waals surface area contributed by atoms with Crippen LogP contribution in [0, 0.1) is 0 Å². The molecule has 0 atom stereocenters. The molecule has 26 heavy (non-hydrogen) atoms. The van der Waals surface area contributed by atoms with Gasteiger partial charge in [0.05, 0.1) is 0 Å². The fraction of sp³-hybridized carbons (Fsp3) is 0.182. The van der Waals surface area contributed by atoms with Crippen LogP contribution < -0.4 is 0 Å². The number of hydrogen-bond donors (Lipinski definition) is 0. The van der Waals surface area contributed by atoms with E-state index in [0.717, 1.165) is 41.2 Å². The Labute approximate surface area is 152 Å². The maximum atomic E-state index is 13.6. The Balaban J connectivity index is 1.78. The average Bonchev–Trinajstić information content (AvgIpc) is 2.69. The molecule has 0 amide bonds. The van der Waals surface area contributed by atoms with E-state index in [2.05, 4.69) is 16.9 Å². The summed E-state index contributed by atoms with van der Waals surface area (Å²) >= 11 is 0. The van der Waals surface area contributed by atoms with Gasteiger partial charge >= 0.3 is 0 Å². The summed E-state index contributed by atoms with van der Waals surface area (Å²) in [6.07, 6.45) is 6.73. The van der Waals surface area contributed by atoms with E-state index in [0.29, 0.717) is 11.4 Å². The topological polar surface area (TPSA) is 25.8 Å². The van der Waals surface area contributed by atoms with Gasteiger partial charge in [-0.15, -0.1) is 0 Å². The number of halogens is 2. The van der Waals surface area contributed by atoms with Crippen LogP contribution >= 0.6 is 0 Å². The molecule has 0 saturated carbocycles. The number of benzene rings is 2. The van der Waals surface area contributed by atoms with Crippen molar-refractivity contribution >= 4 is 5.83 Å². The van der Waals surface area contributed by atoms with E-state index in [-0.39, 0.29) is 0 Å². The highest BCUT2D eigenvalue weighted by molar-refractivity contribution is 5.70. The zero-order valence-corrected chi connectivity index (χ0v) is 14.6. The van der Waals surface area contributed by atoms with Crippen molar-refractivity contribution in [2.24, 2.45) is 0 Å². The van der Waals surface area contributed by atoms with Crippen LogP contribution in [0.1, 0.15) is 24.5 Å². The van der Waals surface area contributed by atoms with Crippen LogP contribution in [0.2, 0.25) is 0 Å². The highest BCUT2D eigenvalue weighted by atomic mass is 19.1. The summed E-state index contributed by atoms with van der Waals surface area (Å²) in [5.41, 5.74) is 4.45. The molecule has 1 heterocycles. The van der Waals surface area contributed by atoms with Gasteiger partial charge in [0.1, 0.15) is 12.5 Å². The second-order valence-corrected chi connectivity index (χ2v) is 6.03. The zero-order chi connectivity index (χ0) is 18.4. The van der Waals surface area contributed by atoms with Gasteiger partial charge in [0.2, 0.25) is 0 Å². The van der Waals surface area contributed by atoms with Crippen LogP contribution in [0.4, 0.5) is 8.78 Å². The van der Waals surface area contributed by atoms with Gasteiger partial charge in [0.25, 0.3) is 0 Å². The second-order valence-electron chi connectivity index (χ2n) is 6.03. The van der Waals surface area contributed by atoms with Crippen molar-refractivity contribution in [3.8, 4) is 22.5 Å². The standard InChI is InChI=1S/C22H20F2N2/c1-2-3-16-14-25-22(26-15-16)20-10-6-18(7-11-20)17-4-8-19(9-5-17)21(24)12-13-23/h4-12,14-15H,2-3,13H2,1H3/b21-12-. The maximum absolute atomic E-state index is 13.6. The number of alkyl halides is 1. The summed E-state index contributed by atoms with van der Waals surface area (Å²) in [7, 11) is 0. The van der Waals surface area contributed by atoms with Crippen LogP contribution in [0.5, 0.6) is 0 Å². The lowest BCUT2D eigenvalue weighted by Gasteiger charge is -2.06. The summed E-state index contributed by atoms with van der Waals surface area (Å²) < 4.78 is 25.8. The van der Waals surface area contributed by atoms with Crippen molar-refractivity contribution in [2.75, 3.05) is 6.67 Å². The number of aromatic nitrogens is 2. The van der Waals surface area contributed by atoms with Crippen LogP contribution in [0.15, 0.2) is 67.0 Å². The molecule has 3 aromatic rings. The lowest BCUT2D eigenvalue weighted by molar-refractivity contribution is 0.558. The smallest absolute Gasteiger partial charge is 0.159 e. The minimum absolute atomic E-state index is 0.378. The second kappa shape index (κ2) is 8.48. The van der Waals surface area contributed by atoms with E-state index >= 15 is 0 Å². The number of aryl methyl sites for hydroxylation is 1. The van der Waals surface area contributed by atoms with Crippen molar-refractivity contribution in [1.82, 2.24) is 9.97 Å². The number of allylic oxidation sites excluding steroid dienone is 1. The molecular formula is C22H20F2N2. The van der Waals surface area contributed by atoms with E-state index in [1.54, 1.807) is 12.1 Å². The Morgan fingerprint density at radius 3 is 1.96 bits per heavy atom. The van der Waals surface area contributed by atoms with Gasteiger partial charge in [-0.05, 0) is 29.2 Å². The fourth-order valence-electron chi connectivity index (χ4n) is 2.74. The maximum Gasteiger partial charge on any atom is 0.159 e. The third kappa shape index (κ3) is 4.20. The average molecular weight is 350 g/mol. The first-order chi connectivity index (χ1) is 12.7. The molecule has 0 radical (unpaired) electrons. The van der Waals surface area contributed by atoms with Crippen molar-refractivity contribution in [1.29, 1.82) is 0 Å². The van der Waals surface area contributed by atoms with Gasteiger partial charge in [-0.2, -0.15) is 0 Å². The van der Waals surface area contributed by atoms with E-state index in [1.165, 1.54) is 0 Å². The summed E-state index contributed by atoms with van der Waals surface area (Å²) in [6.45, 7) is 1.32. The first-order valence-electron chi connectivity index (χ1n) is 8.65. The van der Waals surface area contributed by atoms with Gasteiger partial charge < -0.3 is 0 Å². The summed E-state index contributed by atoms with van der Waals surface area (Å²) in [6, 6.07) is 14.9. The normalized spacial score (nSPS) is 11.6. The molecule has 0 unspecified atom stereocenters. The Bertz CT molecular complexity index is 868. The molecule has 0 fully saturated rings. The van der Waals surface area contributed by atoms with Crippen molar-refractivity contribution < 1.29 is 8.78 Å². The van der Waals surface area contributed by atoms with Gasteiger partial charge in [-0.3, -0.25) is 0 Å². The molecular weight excluding hydrogens is 330 g/mol. The Hall–Kier alpha value is -2.88. The van der Waals surface area contributed by atoms with Gasteiger partial charge in [-0.25, -0.2) is 18.7 Å². The van der Waals surface area contributed by atoms with Crippen molar-refractivity contribution in [3.63, 3.8) is 0 Å². The highest BCUT2D eigenvalue weighted by Crippen LogP contribution is 2.25. The Morgan fingerprint density at radius 1 is 0.885 bits per heavy atom. The largest absolute Gasteiger partial charge is 0.246 e. The van der Waals surface area contributed by atoms with Crippen molar-refractivity contribution in [3.05, 3.63) is 78.1 Å². The molecule has 0 aliphatic carbocycles. The lowest BCUT2D eigenvalue weighted by Crippen LogP contribution is -1.92. The SMILES string of the molecule is CCCc1cnc(-c2ccc(-c3ccc(/C(F)=C/CF)cc3)cc2)nc1. The fourth-order valence-corrected chi connectivity index (χ4v) is 2.74. The first-order valence-corrected chi connectivity index (χ1v) is 8.65. The third-order valence-corrected chi connectivity index (χ3v) is 4.14. The summed E-state index contributed by atoms with van der Waals surface area (Å²) in [5.74, 6) is 0.156. The number of nitrogens with zero attached hydrogens (tertiary/aromatic N) is 2. The molecule has 0 aliphatic heterocycles. The lowest BCUT2D eigenvalue weighted by atomic mass is 10.0. The van der Waals surface area contributed by atoms with E-state index in [1.807, 2.05) is 48.8 Å². The van der Waals surface area contributed by atoms with Crippen LogP contribution in [0.25, 0.3) is 28.3 Å². The molecule has 2 aromatic carbocycles. The number of hydrogen-bond acceptors (Lipinski definition) is 2. The van der Waals surface area contributed by atoms with Crippen LogP contribution in [-0.4, -0.2) is 16.6 Å². The third-order valence-electron chi connectivity index (χ3n) is 4.14. The molecule has 0 saturated heterocycles. The van der Waals surface area contributed by atoms with E-state index < -0.39 is 12.5 Å². The Morgan fingerprint density at radius 2 is 1.42 bits per heavy atom. The molecule has 132 valence electrons. The molecule has 3 rings (SSSR count). The van der Waals surface area contributed by atoms with Gasteiger partial charge in [0, 0.05) is 23.5 Å². The predicted molar refractivity (Wildman–Crippen MR) is 102 cm³/mol. The molecule has 2 nitrogen and oxygen atoms in total. The zero-order valence-electron chi connectivity index (χ0n) is 14.6. The Kier molecular flexibility index (Phi) is 5.84.